The van der Waals surface area contributed by atoms with Crippen LogP contribution in [0.1, 0.15) is 24.2 Å². The summed E-state index contributed by atoms with van der Waals surface area (Å²) in [5, 5.41) is 6.89. The molecule has 0 saturated carbocycles. The number of sulfonamides is 1. The van der Waals surface area contributed by atoms with E-state index in [-0.39, 0.29) is 23.0 Å². The number of aromatic nitrogens is 3. The van der Waals surface area contributed by atoms with E-state index in [0.29, 0.717) is 30.1 Å². The van der Waals surface area contributed by atoms with Gasteiger partial charge in [0.15, 0.2) is 5.65 Å². The summed E-state index contributed by atoms with van der Waals surface area (Å²) in [6.45, 7) is 4.30. The first-order valence-corrected chi connectivity index (χ1v) is 10.6. The molecule has 1 aromatic carbocycles. The first-order chi connectivity index (χ1) is 13.8. The Bertz CT molecular complexity index is 1130. The van der Waals surface area contributed by atoms with E-state index in [0.717, 1.165) is 0 Å². The molecule has 29 heavy (non-hydrogen) atoms. The number of carbonyl (C=O) groups is 1. The summed E-state index contributed by atoms with van der Waals surface area (Å²) in [4.78, 5) is 16.9. The normalized spacial score (nSPS) is 20.6. The van der Waals surface area contributed by atoms with Crippen molar-refractivity contribution in [3.63, 3.8) is 0 Å². The Morgan fingerprint density at radius 2 is 1.76 bits per heavy atom. The number of hydrogen-bond donors (Lipinski definition) is 1. The van der Waals surface area contributed by atoms with Gasteiger partial charge in [-0.2, -0.15) is 13.9 Å². The van der Waals surface area contributed by atoms with Crippen molar-refractivity contribution in [3.8, 4) is 0 Å². The van der Waals surface area contributed by atoms with Gasteiger partial charge >= 0.3 is 0 Å². The van der Waals surface area contributed by atoms with Gasteiger partial charge in [-0.3, -0.25) is 4.79 Å². The Kier molecular flexibility index (Phi) is 5.07. The molecule has 0 bridgehead atoms. The maximum atomic E-state index is 12.9. The molecule has 2 unspecified atom stereocenters. The Morgan fingerprint density at radius 3 is 2.45 bits per heavy atom. The Hall–Kier alpha value is -2.82. The fraction of sp³-hybridized carbons (Fsp3) is 0.316. The van der Waals surface area contributed by atoms with Gasteiger partial charge < -0.3 is 10.1 Å². The third kappa shape index (κ3) is 3.86. The summed E-state index contributed by atoms with van der Waals surface area (Å²) in [5.41, 5.74) is 0.947. The number of rotatable bonds is 4. The second-order valence-corrected chi connectivity index (χ2v) is 8.93. The van der Waals surface area contributed by atoms with Crippen LogP contribution in [0, 0.1) is 0 Å². The number of hydrogen-bond acceptors (Lipinski definition) is 6. The van der Waals surface area contributed by atoms with E-state index in [2.05, 4.69) is 15.4 Å². The topological polar surface area (TPSA) is 106 Å². The standard InChI is InChI=1S/C19H21N5O4S/c1-13-11-23(12-14(2)28-13)29(26,27)16-5-3-15(4-6-16)19(25)22-18-7-9-20-17-8-10-21-24(17)18/h3-10,13-14H,11-12H2,1-2H3,(H,22,25). The first kappa shape index (κ1) is 19.5. The predicted octanol–water partition coefficient (Wildman–Crippen LogP) is 1.78. The third-order valence-corrected chi connectivity index (χ3v) is 6.52. The lowest BCUT2D eigenvalue weighted by Crippen LogP contribution is -2.48. The number of nitrogens with one attached hydrogen (secondary N) is 1. The molecule has 0 aliphatic carbocycles. The molecule has 1 aliphatic heterocycles. The number of amides is 1. The monoisotopic (exact) mass is 415 g/mol. The molecule has 0 radical (unpaired) electrons. The quantitative estimate of drug-likeness (QED) is 0.696. The van der Waals surface area contributed by atoms with Crippen LogP contribution in [-0.2, 0) is 14.8 Å². The van der Waals surface area contributed by atoms with Crippen LogP contribution in [0.5, 0.6) is 0 Å². The van der Waals surface area contributed by atoms with E-state index in [9.17, 15) is 13.2 Å². The summed E-state index contributed by atoms with van der Waals surface area (Å²) in [7, 11) is -3.65. The van der Waals surface area contributed by atoms with Crippen LogP contribution in [0.3, 0.4) is 0 Å². The Balaban J connectivity index is 1.53. The molecule has 9 nitrogen and oxygen atoms in total. The molecule has 2 atom stereocenters. The van der Waals surface area contributed by atoms with Crippen molar-refractivity contribution >= 4 is 27.4 Å². The van der Waals surface area contributed by atoms with Crippen LogP contribution in [0.2, 0.25) is 0 Å². The number of carbonyl (C=O) groups excluding carboxylic acids is 1. The highest BCUT2D eigenvalue weighted by atomic mass is 32.2. The van der Waals surface area contributed by atoms with Gasteiger partial charge in [0, 0.05) is 30.9 Å². The van der Waals surface area contributed by atoms with Crippen LogP contribution in [0.15, 0.2) is 53.7 Å². The Labute approximate surface area is 168 Å². The van der Waals surface area contributed by atoms with E-state index in [1.807, 2.05) is 13.8 Å². The lowest BCUT2D eigenvalue weighted by Gasteiger charge is -2.34. The summed E-state index contributed by atoms with van der Waals surface area (Å²) in [5.74, 6) is 0.101. The molecule has 1 saturated heterocycles. The van der Waals surface area contributed by atoms with Crippen molar-refractivity contribution in [1.82, 2.24) is 18.9 Å². The van der Waals surface area contributed by atoms with Crippen molar-refractivity contribution < 1.29 is 17.9 Å². The molecule has 1 fully saturated rings. The zero-order valence-corrected chi connectivity index (χ0v) is 16.8. The van der Waals surface area contributed by atoms with Crippen LogP contribution in [0.25, 0.3) is 5.65 Å². The van der Waals surface area contributed by atoms with Crippen molar-refractivity contribution in [2.24, 2.45) is 0 Å². The van der Waals surface area contributed by atoms with Crippen molar-refractivity contribution in [1.29, 1.82) is 0 Å². The van der Waals surface area contributed by atoms with Crippen molar-refractivity contribution in [2.75, 3.05) is 18.4 Å². The zero-order chi connectivity index (χ0) is 20.6. The minimum Gasteiger partial charge on any atom is -0.373 e. The first-order valence-electron chi connectivity index (χ1n) is 9.20. The highest BCUT2D eigenvalue weighted by Gasteiger charge is 2.32. The fourth-order valence-electron chi connectivity index (χ4n) is 3.37. The SMILES string of the molecule is CC1CN(S(=O)(=O)c2ccc(C(=O)Nc3ccnc4ccnn34)cc2)CC(C)O1. The van der Waals surface area contributed by atoms with E-state index in [1.54, 1.807) is 24.5 Å². The Morgan fingerprint density at radius 1 is 1.07 bits per heavy atom. The average Bonchev–Trinajstić information content (AvgIpc) is 3.17. The van der Waals surface area contributed by atoms with E-state index >= 15 is 0 Å². The molecule has 10 heteroatoms. The number of anilines is 1. The maximum Gasteiger partial charge on any atom is 0.256 e. The molecule has 3 heterocycles. The number of fused-ring (bicyclic) bond motifs is 1. The molecule has 4 rings (SSSR count). The number of nitrogens with zero attached hydrogens (tertiary/aromatic N) is 4. The van der Waals surface area contributed by atoms with Crippen LogP contribution < -0.4 is 5.32 Å². The zero-order valence-electron chi connectivity index (χ0n) is 16.0. The van der Waals surface area contributed by atoms with Gasteiger partial charge in [0.2, 0.25) is 10.0 Å². The molecule has 1 aliphatic rings. The largest absolute Gasteiger partial charge is 0.373 e. The molecule has 1 amide bonds. The van der Waals surface area contributed by atoms with Gasteiger partial charge in [-0.15, -0.1) is 0 Å². The number of ether oxygens (including phenoxy) is 1. The van der Waals surface area contributed by atoms with Gasteiger partial charge in [-0.1, -0.05) is 0 Å². The van der Waals surface area contributed by atoms with E-state index in [1.165, 1.54) is 33.1 Å². The molecule has 152 valence electrons. The lowest BCUT2D eigenvalue weighted by molar-refractivity contribution is -0.0440. The second-order valence-electron chi connectivity index (χ2n) is 6.99. The molecule has 3 aromatic rings. The highest BCUT2D eigenvalue weighted by Crippen LogP contribution is 2.22. The highest BCUT2D eigenvalue weighted by molar-refractivity contribution is 7.89. The van der Waals surface area contributed by atoms with E-state index < -0.39 is 10.0 Å². The fourth-order valence-corrected chi connectivity index (χ4v) is 4.96. The van der Waals surface area contributed by atoms with Gasteiger partial charge in [0.05, 0.1) is 23.3 Å². The minimum atomic E-state index is -3.65. The molecule has 1 N–H and O–H groups in total. The van der Waals surface area contributed by atoms with Crippen molar-refractivity contribution in [2.45, 2.75) is 31.0 Å². The van der Waals surface area contributed by atoms with E-state index in [4.69, 9.17) is 4.74 Å². The molecule has 2 aromatic heterocycles. The summed E-state index contributed by atoms with van der Waals surface area (Å²) >= 11 is 0. The summed E-state index contributed by atoms with van der Waals surface area (Å²) in [6, 6.07) is 9.25. The predicted molar refractivity (Wildman–Crippen MR) is 106 cm³/mol. The minimum absolute atomic E-state index is 0.147. The third-order valence-electron chi connectivity index (χ3n) is 4.67. The van der Waals surface area contributed by atoms with Gasteiger partial charge in [-0.25, -0.2) is 13.4 Å². The average molecular weight is 415 g/mol. The van der Waals surface area contributed by atoms with Gasteiger partial charge in [-0.05, 0) is 44.2 Å². The molecule has 0 spiro atoms. The molecular formula is C19H21N5O4S. The molecular weight excluding hydrogens is 394 g/mol. The van der Waals surface area contributed by atoms with Crippen molar-refractivity contribution in [3.05, 3.63) is 54.4 Å². The van der Waals surface area contributed by atoms with Gasteiger partial charge in [0.1, 0.15) is 5.82 Å². The number of benzene rings is 1. The number of morpholine rings is 1. The summed E-state index contributed by atoms with van der Waals surface area (Å²) in [6.07, 6.45) is 2.83. The van der Waals surface area contributed by atoms with Crippen LogP contribution >= 0.6 is 0 Å². The smallest absolute Gasteiger partial charge is 0.256 e. The lowest BCUT2D eigenvalue weighted by atomic mass is 10.2. The summed E-state index contributed by atoms with van der Waals surface area (Å²) < 4.78 is 34.4. The van der Waals surface area contributed by atoms with Gasteiger partial charge in [0.25, 0.3) is 5.91 Å². The van der Waals surface area contributed by atoms with Crippen LogP contribution in [0.4, 0.5) is 5.82 Å². The second kappa shape index (κ2) is 7.54. The maximum absolute atomic E-state index is 12.9. The van der Waals surface area contributed by atoms with Crippen LogP contribution in [-0.4, -0.2) is 58.5 Å².